The van der Waals surface area contributed by atoms with E-state index in [1.807, 2.05) is 0 Å². The predicted octanol–water partition coefficient (Wildman–Crippen LogP) is 4.44. The van der Waals surface area contributed by atoms with E-state index < -0.39 is 23.3 Å². The Morgan fingerprint density at radius 1 is 1.15 bits per heavy atom. The van der Waals surface area contributed by atoms with Crippen molar-refractivity contribution in [1.82, 2.24) is 15.1 Å². The van der Waals surface area contributed by atoms with E-state index in [0.29, 0.717) is 11.6 Å². The molecule has 3 rings (SSSR count). The Morgan fingerprint density at radius 3 is 2.59 bits per heavy atom. The molecule has 2 aromatic heterocycles. The predicted molar refractivity (Wildman–Crippen MR) is 91.0 cm³/mol. The van der Waals surface area contributed by atoms with Gasteiger partial charge in [0.1, 0.15) is 23.6 Å². The minimum atomic E-state index is -4.68. The Labute approximate surface area is 155 Å². The van der Waals surface area contributed by atoms with Crippen LogP contribution in [0.4, 0.5) is 30.5 Å². The molecule has 0 saturated carbocycles. The van der Waals surface area contributed by atoms with Gasteiger partial charge in [-0.3, -0.25) is 4.79 Å². The summed E-state index contributed by atoms with van der Waals surface area (Å²) in [5.74, 6) is 0.293. The molecule has 1 aromatic carbocycles. The number of halogens is 4. The summed E-state index contributed by atoms with van der Waals surface area (Å²) in [7, 11) is 0. The highest BCUT2D eigenvalue weighted by atomic mass is 35.5. The lowest BCUT2D eigenvalue weighted by Gasteiger charge is -2.14. The summed E-state index contributed by atoms with van der Waals surface area (Å²) in [5.41, 5.74) is -1.64. The van der Waals surface area contributed by atoms with E-state index in [2.05, 4.69) is 25.8 Å². The summed E-state index contributed by atoms with van der Waals surface area (Å²) in [4.78, 5) is 20.0. The van der Waals surface area contributed by atoms with E-state index in [-0.39, 0.29) is 16.5 Å². The van der Waals surface area contributed by atoms with Gasteiger partial charge in [-0.05, 0) is 25.1 Å². The maximum Gasteiger partial charge on any atom is 0.418 e. The Kier molecular flexibility index (Phi) is 5.00. The summed E-state index contributed by atoms with van der Waals surface area (Å²) in [6.07, 6.45) is -3.59. The molecule has 0 saturated heterocycles. The van der Waals surface area contributed by atoms with Crippen LogP contribution in [0.25, 0.3) is 0 Å². The van der Waals surface area contributed by atoms with Crippen molar-refractivity contribution in [2.24, 2.45) is 0 Å². The van der Waals surface area contributed by atoms with Crippen molar-refractivity contribution in [2.45, 2.75) is 13.1 Å². The Bertz CT molecular complexity index is 990. The van der Waals surface area contributed by atoms with Gasteiger partial charge in [-0.2, -0.15) is 13.2 Å². The average molecular weight is 398 g/mol. The van der Waals surface area contributed by atoms with Crippen LogP contribution < -0.4 is 10.6 Å². The van der Waals surface area contributed by atoms with Crippen LogP contribution in [0.1, 0.15) is 21.8 Å². The summed E-state index contributed by atoms with van der Waals surface area (Å²) < 4.78 is 44.3. The van der Waals surface area contributed by atoms with Crippen LogP contribution in [0, 0.1) is 6.92 Å². The molecule has 0 radical (unpaired) electrons. The molecule has 140 valence electrons. The topological polar surface area (TPSA) is 92.9 Å². The third-order valence-electron chi connectivity index (χ3n) is 3.32. The number of aromatic nitrogens is 3. The van der Waals surface area contributed by atoms with Gasteiger partial charge in [-0.25, -0.2) is 9.97 Å². The number of anilines is 3. The summed E-state index contributed by atoms with van der Waals surface area (Å²) >= 11 is 5.62. The quantitative estimate of drug-likeness (QED) is 0.676. The molecule has 27 heavy (non-hydrogen) atoms. The minimum Gasteiger partial charge on any atom is -0.360 e. The molecule has 0 aliphatic heterocycles. The minimum absolute atomic E-state index is 0.100. The molecule has 2 N–H and O–H groups in total. The largest absolute Gasteiger partial charge is 0.418 e. The van der Waals surface area contributed by atoms with Crippen molar-refractivity contribution in [3.63, 3.8) is 0 Å². The second-order valence-corrected chi connectivity index (χ2v) is 5.81. The zero-order chi connectivity index (χ0) is 19.6. The molecule has 7 nitrogen and oxygen atoms in total. The van der Waals surface area contributed by atoms with E-state index >= 15 is 0 Å². The number of carbonyl (C=O) groups excluding carboxylic acids is 1. The molecular formula is C16H11ClF3N5O2. The molecule has 0 aliphatic carbocycles. The van der Waals surface area contributed by atoms with Crippen molar-refractivity contribution >= 4 is 34.8 Å². The molecular weight excluding hydrogens is 387 g/mol. The third kappa shape index (κ3) is 4.53. The van der Waals surface area contributed by atoms with Crippen LogP contribution in [0.15, 0.2) is 41.2 Å². The van der Waals surface area contributed by atoms with Gasteiger partial charge in [-0.1, -0.05) is 16.8 Å². The van der Waals surface area contributed by atoms with Crippen molar-refractivity contribution in [1.29, 1.82) is 0 Å². The number of rotatable bonds is 4. The molecule has 0 unspecified atom stereocenters. The standard InChI is InChI=1S/C16H11ClF3N5O2/c1-8-4-14(25-27-8)24-13-6-12(21-7-22-13)15(26)23-11-3-2-9(17)5-10(11)16(18,19)20/h2-7H,1H3,(H,23,26)(H,21,22,24,25). The van der Waals surface area contributed by atoms with Gasteiger partial charge in [0.05, 0.1) is 11.3 Å². The lowest BCUT2D eigenvalue weighted by atomic mass is 10.1. The first-order valence-corrected chi connectivity index (χ1v) is 7.80. The molecule has 0 spiro atoms. The zero-order valence-corrected chi connectivity index (χ0v) is 14.4. The van der Waals surface area contributed by atoms with Crippen LogP contribution >= 0.6 is 11.6 Å². The van der Waals surface area contributed by atoms with E-state index in [1.165, 1.54) is 12.1 Å². The van der Waals surface area contributed by atoms with Crippen LogP contribution in [0.2, 0.25) is 5.02 Å². The molecule has 3 aromatic rings. The van der Waals surface area contributed by atoms with Gasteiger partial charge in [-0.15, -0.1) is 0 Å². The number of carbonyl (C=O) groups is 1. The van der Waals surface area contributed by atoms with Gasteiger partial charge in [0, 0.05) is 17.2 Å². The number of nitrogens with zero attached hydrogens (tertiary/aromatic N) is 3. The normalized spacial score (nSPS) is 11.3. The highest BCUT2D eigenvalue weighted by Gasteiger charge is 2.34. The van der Waals surface area contributed by atoms with Gasteiger partial charge in [0.15, 0.2) is 5.82 Å². The Hall–Kier alpha value is -3.14. The summed E-state index contributed by atoms with van der Waals surface area (Å²) in [6, 6.07) is 5.92. The van der Waals surface area contributed by atoms with Crippen LogP contribution in [-0.2, 0) is 6.18 Å². The first kappa shape index (κ1) is 18.6. The Morgan fingerprint density at radius 2 is 1.93 bits per heavy atom. The van der Waals surface area contributed by atoms with Crippen LogP contribution in [0.3, 0.4) is 0 Å². The number of hydrogen-bond acceptors (Lipinski definition) is 6. The zero-order valence-electron chi connectivity index (χ0n) is 13.6. The molecule has 0 bridgehead atoms. The maximum absolute atomic E-state index is 13.1. The fourth-order valence-electron chi connectivity index (χ4n) is 2.15. The SMILES string of the molecule is Cc1cc(Nc2cc(C(=O)Nc3ccc(Cl)cc3C(F)(F)F)ncn2)no1. The number of amides is 1. The van der Waals surface area contributed by atoms with Crippen molar-refractivity contribution in [2.75, 3.05) is 10.6 Å². The van der Waals surface area contributed by atoms with Crippen molar-refractivity contribution in [3.05, 3.63) is 58.7 Å². The smallest absolute Gasteiger partial charge is 0.360 e. The van der Waals surface area contributed by atoms with Crippen molar-refractivity contribution < 1.29 is 22.5 Å². The van der Waals surface area contributed by atoms with E-state index in [0.717, 1.165) is 18.5 Å². The van der Waals surface area contributed by atoms with Gasteiger partial charge in [0.2, 0.25) is 0 Å². The number of alkyl halides is 3. The molecule has 0 fully saturated rings. The third-order valence-corrected chi connectivity index (χ3v) is 3.55. The summed E-state index contributed by atoms with van der Waals surface area (Å²) in [6.45, 7) is 1.70. The summed E-state index contributed by atoms with van der Waals surface area (Å²) in [5, 5.41) is 8.59. The van der Waals surface area contributed by atoms with Gasteiger partial charge >= 0.3 is 6.18 Å². The molecule has 0 atom stereocenters. The van der Waals surface area contributed by atoms with Crippen LogP contribution in [0.5, 0.6) is 0 Å². The second-order valence-electron chi connectivity index (χ2n) is 5.38. The molecule has 11 heteroatoms. The average Bonchev–Trinajstić information content (AvgIpc) is 3.00. The fraction of sp³-hybridized carbons (Fsp3) is 0.125. The van der Waals surface area contributed by atoms with Gasteiger partial charge in [0.25, 0.3) is 5.91 Å². The Balaban J connectivity index is 1.82. The number of aryl methyl sites for hydroxylation is 1. The number of hydrogen-bond donors (Lipinski definition) is 2. The lowest BCUT2D eigenvalue weighted by molar-refractivity contribution is -0.136. The molecule has 0 aliphatic rings. The second kappa shape index (κ2) is 7.23. The number of benzene rings is 1. The highest BCUT2D eigenvalue weighted by Crippen LogP contribution is 2.36. The van der Waals surface area contributed by atoms with E-state index in [1.54, 1.807) is 13.0 Å². The molecule has 2 heterocycles. The monoisotopic (exact) mass is 397 g/mol. The van der Waals surface area contributed by atoms with E-state index in [4.69, 9.17) is 16.1 Å². The van der Waals surface area contributed by atoms with Crippen LogP contribution in [-0.4, -0.2) is 21.0 Å². The maximum atomic E-state index is 13.1. The molecule has 1 amide bonds. The lowest BCUT2D eigenvalue weighted by Crippen LogP contribution is -2.18. The fourth-order valence-corrected chi connectivity index (χ4v) is 2.32. The van der Waals surface area contributed by atoms with E-state index in [9.17, 15) is 18.0 Å². The van der Waals surface area contributed by atoms with Crippen molar-refractivity contribution in [3.8, 4) is 0 Å². The first-order valence-electron chi connectivity index (χ1n) is 7.43. The number of nitrogens with one attached hydrogen (secondary N) is 2. The first-order chi connectivity index (χ1) is 12.7. The van der Waals surface area contributed by atoms with Gasteiger partial charge < -0.3 is 15.2 Å². The highest BCUT2D eigenvalue weighted by molar-refractivity contribution is 6.30.